The molecule has 1 aromatic rings. The number of hydrogen-bond donors (Lipinski definition) is 1. The van der Waals surface area contributed by atoms with Crippen molar-refractivity contribution in [3.05, 3.63) is 33.4 Å². The van der Waals surface area contributed by atoms with Gasteiger partial charge in [0.05, 0.1) is 5.56 Å². The molecule has 0 saturated carbocycles. The lowest BCUT2D eigenvalue weighted by Crippen LogP contribution is -2.43. The summed E-state index contributed by atoms with van der Waals surface area (Å²) in [5, 5.41) is 3.49. The molecule has 3 nitrogen and oxygen atoms in total. The Bertz CT molecular complexity index is 456. The third-order valence-electron chi connectivity index (χ3n) is 3.58. The maximum Gasteiger partial charge on any atom is 0.254 e. The van der Waals surface area contributed by atoms with E-state index in [1.807, 2.05) is 29.2 Å². The van der Waals surface area contributed by atoms with Gasteiger partial charge in [-0.3, -0.25) is 4.79 Å². The van der Waals surface area contributed by atoms with Crippen molar-refractivity contribution in [3.63, 3.8) is 0 Å². The SMILES string of the molecule is CC(C)CN(CC1CCCN1)C(=O)c1ccccc1I. The molecular formula is C16H23IN2O. The van der Waals surface area contributed by atoms with E-state index >= 15 is 0 Å². The highest BCUT2D eigenvalue weighted by Crippen LogP contribution is 2.17. The third kappa shape index (κ3) is 4.19. The number of halogens is 1. The van der Waals surface area contributed by atoms with E-state index in [0.717, 1.165) is 28.8 Å². The maximum atomic E-state index is 12.8. The van der Waals surface area contributed by atoms with Crippen LogP contribution in [0, 0.1) is 9.49 Å². The van der Waals surface area contributed by atoms with Gasteiger partial charge >= 0.3 is 0 Å². The number of carbonyl (C=O) groups is 1. The summed E-state index contributed by atoms with van der Waals surface area (Å²) in [6.07, 6.45) is 2.39. The Morgan fingerprint density at radius 2 is 2.20 bits per heavy atom. The summed E-state index contributed by atoms with van der Waals surface area (Å²) < 4.78 is 1.03. The first kappa shape index (κ1) is 15.8. The number of nitrogens with zero attached hydrogens (tertiary/aromatic N) is 1. The van der Waals surface area contributed by atoms with Crippen molar-refractivity contribution in [2.45, 2.75) is 32.7 Å². The number of nitrogens with one attached hydrogen (secondary N) is 1. The molecule has 4 heteroatoms. The number of amides is 1. The second kappa shape index (κ2) is 7.41. The zero-order chi connectivity index (χ0) is 14.5. The highest BCUT2D eigenvalue weighted by atomic mass is 127. The number of rotatable bonds is 5. The predicted octanol–water partition coefficient (Wildman–Crippen LogP) is 3.14. The van der Waals surface area contributed by atoms with E-state index < -0.39 is 0 Å². The Morgan fingerprint density at radius 1 is 1.45 bits per heavy atom. The summed E-state index contributed by atoms with van der Waals surface area (Å²) in [5.41, 5.74) is 0.826. The lowest BCUT2D eigenvalue weighted by atomic mass is 10.1. The Labute approximate surface area is 135 Å². The zero-order valence-corrected chi connectivity index (χ0v) is 14.4. The van der Waals surface area contributed by atoms with Crippen LogP contribution in [0.2, 0.25) is 0 Å². The summed E-state index contributed by atoms with van der Waals surface area (Å²) in [6, 6.07) is 8.30. The van der Waals surface area contributed by atoms with E-state index in [9.17, 15) is 4.79 Å². The van der Waals surface area contributed by atoms with Crippen LogP contribution in [-0.2, 0) is 0 Å². The molecule has 20 heavy (non-hydrogen) atoms. The van der Waals surface area contributed by atoms with Crippen LogP contribution < -0.4 is 5.32 Å². The van der Waals surface area contributed by atoms with Gasteiger partial charge in [0.25, 0.3) is 5.91 Å². The fourth-order valence-corrected chi connectivity index (χ4v) is 3.28. The van der Waals surface area contributed by atoms with Crippen LogP contribution >= 0.6 is 22.6 Å². The summed E-state index contributed by atoms with van der Waals surface area (Å²) in [6.45, 7) is 7.05. The molecule has 0 aliphatic carbocycles. The van der Waals surface area contributed by atoms with Crippen LogP contribution in [-0.4, -0.2) is 36.5 Å². The highest BCUT2D eigenvalue weighted by molar-refractivity contribution is 14.1. The van der Waals surface area contributed by atoms with Crippen LogP contribution in [0.5, 0.6) is 0 Å². The van der Waals surface area contributed by atoms with E-state index in [-0.39, 0.29) is 5.91 Å². The minimum atomic E-state index is 0.164. The van der Waals surface area contributed by atoms with Crippen molar-refractivity contribution in [2.24, 2.45) is 5.92 Å². The molecule has 1 fully saturated rings. The molecule has 1 heterocycles. The molecule has 1 unspecified atom stereocenters. The Balaban J connectivity index is 2.12. The van der Waals surface area contributed by atoms with Gasteiger partial charge in [-0.15, -0.1) is 0 Å². The van der Waals surface area contributed by atoms with Gasteiger partial charge in [0, 0.05) is 22.7 Å². The highest BCUT2D eigenvalue weighted by Gasteiger charge is 2.23. The van der Waals surface area contributed by atoms with Gasteiger partial charge < -0.3 is 10.2 Å². The average Bonchev–Trinajstić information content (AvgIpc) is 2.90. The molecule has 0 radical (unpaired) electrons. The largest absolute Gasteiger partial charge is 0.337 e. The smallest absolute Gasteiger partial charge is 0.254 e. The van der Waals surface area contributed by atoms with Gasteiger partial charge in [0.2, 0.25) is 0 Å². The summed E-state index contributed by atoms with van der Waals surface area (Å²) >= 11 is 2.24. The third-order valence-corrected chi connectivity index (χ3v) is 4.52. The van der Waals surface area contributed by atoms with Crippen molar-refractivity contribution < 1.29 is 4.79 Å². The minimum absolute atomic E-state index is 0.164. The molecule has 1 atom stereocenters. The summed E-state index contributed by atoms with van der Waals surface area (Å²) in [4.78, 5) is 14.8. The van der Waals surface area contributed by atoms with E-state index in [0.29, 0.717) is 12.0 Å². The van der Waals surface area contributed by atoms with Gasteiger partial charge in [-0.2, -0.15) is 0 Å². The molecule has 2 rings (SSSR count). The predicted molar refractivity (Wildman–Crippen MR) is 90.9 cm³/mol. The Morgan fingerprint density at radius 3 is 2.80 bits per heavy atom. The van der Waals surface area contributed by atoms with Crippen LogP contribution in [0.1, 0.15) is 37.0 Å². The number of carbonyl (C=O) groups excluding carboxylic acids is 1. The Kier molecular flexibility index (Phi) is 5.84. The molecule has 0 aromatic heterocycles. The van der Waals surface area contributed by atoms with Crippen molar-refractivity contribution in [3.8, 4) is 0 Å². The fraction of sp³-hybridized carbons (Fsp3) is 0.562. The minimum Gasteiger partial charge on any atom is -0.337 e. The van der Waals surface area contributed by atoms with Crippen LogP contribution in [0.4, 0.5) is 0 Å². The van der Waals surface area contributed by atoms with Crippen LogP contribution in [0.3, 0.4) is 0 Å². The second-order valence-corrected chi connectivity index (χ2v) is 7.04. The van der Waals surface area contributed by atoms with Gasteiger partial charge in [0.15, 0.2) is 0 Å². The average molecular weight is 386 g/mol. The lowest BCUT2D eigenvalue weighted by molar-refractivity contribution is 0.0720. The van der Waals surface area contributed by atoms with Gasteiger partial charge in [-0.25, -0.2) is 0 Å². The molecule has 110 valence electrons. The normalized spacial score (nSPS) is 18.5. The number of benzene rings is 1. The van der Waals surface area contributed by atoms with Crippen molar-refractivity contribution in [1.29, 1.82) is 0 Å². The quantitative estimate of drug-likeness (QED) is 0.789. The first-order valence-electron chi connectivity index (χ1n) is 7.35. The standard InChI is InChI=1S/C16H23IN2O/c1-12(2)10-19(11-13-6-5-9-18-13)16(20)14-7-3-4-8-15(14)17/h3-4,7-8,12-13,18H,5-6,9-11H2,1-2H3. The second-order valence-electron chi connectivity index (χ2n) is 5.88. The fourth-order valence-electron chi connectivity index (χ4n) is 2.66. The van der Waals surface area contributed by atoms with Gasteiger partial charge in [-0.05, 0) is 60.0 Å². The molecule has 1 amide bonds. The van der Waals surface area contributed by atoms with E-state index in [2.05, 4.69) is 41.8 Å². The monoisotopic (exact) mass is 386 g/mol. The van der Waals surface area contributed by atoms with E-state index in [1.54, 1.807) is 0 Å². The number of hydrogen-bond acceptors (Lipinski definition) is 2. The molecule has 1 N–H and O–H groups in total. The molecule has 1 aliphatic heterocycles. The molecule has 1 saturated heterocycles. The summed E-state index contributed by atoms with van der Waals surface area (Å²) in [7, 11) is 0. The molecular weight excluding hydrogens is 363 g/mol. The summed E-state index contributed by atoms with van der Waals surface area (Å²) in [5.74, 6) is 0.652. The first-order valence-corrected chi connectivity index (χ1v) is 8.43. The van der Waals surface area contributed by atoms with E-state index in [1.165, 1.54) is 12.8 Å². The zero-order valence-electron chi connectivity index (χ0n) is 12.2. The van der Waals surface area contributed by atoms with Crippen molar-refractivity contribution >= 4 is 28.5 Å². The molecule has 0 bridgehead atoms. The van der Waals surface area contributed by atoms with Crippen molar-refractivity contribution in [2.75, 3.05) is 19.6 Å². The Hall–Kier alpha value is -0.620. The van der Waals surface area contributed by atoms with Crippen LogP contribution in [0.15, 0.2) is 24.3 Å². The van der Waals surface area contributed by atoms with Crippen molar-refractivity contribution in [1.82, 2.24) is 10.2 Å². The van der Waals surface area contributed by atoms with E-state index in [4.69, 9.17) is 0 Å². The molecule has 1 aromatic carbocycles. The lowest BCUT2D eigenvalue weighted by Gasteiger charge is -2.28. The maximum absolute atomic E-state index is 12.8. The first-order chi connectivity index (χ1) is 9.58. The molecule has 1 aliphatic rings. The van der Waals surface area contributed by atoms with Gasteiger partial charge in [0.1, 0.15) is 0 Å². The molecule has 0 spiro atoms. The van der Waals surface area contributed by atoms with Crippen LogP contribution in [0.25, 0.3) is 0 Å². The topological polar surface area (TPSA) is 32.3 Å². The van der Waals surface area contributed by atoms with Gasteiger partial charge in [-0.1, -0.05) is 26.0 Å².